The highest BCUT2D eigenvalue weighted by Gasteiger charge is 2.17. The normalized spacial score (nSPS) is 11.5. The Bertz CT molecular complexity index is 316. The first-order chi connectivity index (χ1) is 6.45. The van der Waals surface area contributed by atoms with Crippen LogP contribution < -0.4 is 4.74 Å². The van der Waals surface area contributed by atoms with Crippen molar-refractivity contribution in [2.45, 2.75) is 26.2 Å². The van der Waals surface area contributed by atoms with E-state index in [0.29, 0.717) is 10.8 Å². The molecule has 0 heterocycles. The fourth-order valence-electron chi connectivity index (χ4n) is 1.27. The Balaban J connectivity index is 3.02. The zero-order valence-electron chi connectivity index (χ0n) is 8.67. The predicted molar refractivity (Wildman–Crippen MR) is 57.9 cm³/mol. The zero-order valence-corrected chi connectivity index (χ0v) is 9.43. The molecule has 0 saturated heterocycles. The van der Waals surface area contributed by atoms with Gasteiger partial charge >= 0.3 is 0 Å². The van der Waals surface area contributed by atoms with Gasteiger partial charge in [0.15, 0.2) is 6.79 Å². The Labute approximate surface area is 89.5 Å². The number of hydrogen-bond donors (Lipinski definition) is 1. The Kier molecular flexibility index (Phi) is 3.40. The van der Waals surface area contributed by atoms with Crippen LogP contribution in [0.1, 0.15) is 26.3 Å². The van der Waals surface area contributed by atoms with Crippen LogP contribution in [0.4, 0.5) is 0 Å². The molecule has 0 aliphatic carbocycles. The van der Waals surface area contributed by atoms with Gasteiger partial charge in [0.1, 0.15) is 5.75 Å². The number of hydrogen-bond acceptors (Lipinski definition) is 2. The average molecular weight is 215 g/mol. The lowest BCUT2D eigenvalue weighted by Gasteiger charge is -2.20. The van der Waals surface area contributed by atoms with Gasteiger partial charge in [-0.05, 0) is 23.1 Å². The molecule has 14 heavy (non-hydrogen) atoms. The standard InChI is InChI=1S/C11H15ClO2/c1-11(2,3)9-5-4-8(14-7-13)6-10(9)12/h4-6,13H,7H2,1-3H3. The number of aliphatic hydroxyl groups excluding tert-OH is 1. The van der Waals surface area contributed by atoms with Crippen LogP contribution >= 0.6 is 11.6 Å². The predicted octanol–water partition coefficient (Wildman–Crippen LogP) is 2.97. The molecule has 3 heteroatoms. The minimum absolute atomic E-state index is 0.0226. The Hall–Kier alpha value is -0.730. The molecule has 0 fully saturated rings. The van der Waals surface area contributed by atoms with E-state index < -0.39 is 0 Å². The Morgan fingerprint density at radius 3 is 2.43 bits per heavy atom. The van der Waals surface area contributed by atoms with Crippen LogP contribution in [-0.2, 0) is 5.41 Å². The highest BCUT2D eigenvalue weighted by Crippen LogP contribution is 2.31. The maximum atomic E-state index is 8.57. The van der Waals surface area contributed by atoms with Gasteiger partial charge in [0.05, 0.1) is 0 Å². The van der Waals surface area contributed by atoms with Crippen LogP contribution in [-0.4, -0.2) is 11.9 Å². The summed E-state index contributed by atoms with van der Waals surface area (Å²) in [6.45, 7) is 5.97. The van der Waals surface area contributed by atoms with E-state index in [0.717, 1.165) is 5.56 Å². The van der Waals surface area contributed by atoms with Crippen molar-refractivity contribution in [1.82, 2.24) is 0 Å². The second kappa shape index (κ2) is 4.20. The molecule has 0 atom stereocenters. The summed E-state index contributed by atoms with van der Waals surface area (Å²) >= 11 is 6.09. The Morgan fingerprint density at radius 1 is 1.36 bits per heavy atom. The van der Waals surface area contributed by atoms with E-state index in [9.17, 15) is 0 Å². The highest BCUT2D eigenvalue weighted by atomic mass is 35.5. The molecule has 1 N–H and O–H groups in total. The molecule has 0 radical (unpaired) electrons. The van der Waals surface area contributed by atoms with Gasteiger partial charge in [-0.2, -0.15) is 0 Å². The molecule has 0 bridgehead atoms. The molecule has 0 aromatic heterocycles. The number of halogens is 1. The summed E-state index contributed by atoms with van der Waals surface area (Å²) in [7, 11) is 0. The molecule has 78 valence electrons. The lowest BCUT2D eigenvalue weighted by Crippen LogP contribution is -2.11. The SMILES string of the molecule is CC(C)(C)c1ccc(OCO)cc1Cl. The maximum absolute atomic E-state index is 8.57. The largest absolute Gasteiger partial charge is 0.468 e. The van der Waals surface area contributed by atoms with Crippen molar-refractivity contribution in [2.75, 3.05) is 6.79 Å². The molecule has 0 amide bonds. The fourth-order valence-corrected chi connectivity index (χ4v) is 1.72. The molecule has 0 spiro atoms. The first-order valence-corrected chi connectivity index (χ1v) is 4.86. The van der Waals surface area contributed by atoms with E-state index in [-0.39, 0.29) is 12.2 Å². The highest BCUT2D eigenvalue weighted by molar-refractivity contribution is 6.31. The summed E-state index contributed by atoms with van der Waals surface area (Å²) in [6, 6.07) is 5.45. The van der Waals surface area contributed by atoms with Crippen molar-refractivity contribution in [3.63, 3.8) is 0 Å². The van der Waals surface area contributed by atoms with E-state index in [4.69, 9.17) is 21.4 Å². The van der Waals surface area contributed by atoms with Gasteiger partial charge in [-0.1, -0.05) is 38.4 Å². The van der Waals surface area contributed by atoms with Gasteiger partial charge in [0.25, 0.3) is 0 Å². The lowest BCUT2D eigenvalue weighted by molar-refractivity contribution is 0.0985. The van der Waals surface area contributed by atoms with E-state index in [1.165, 1.54) is 0 Å². The lowest BCUT2D eigenvalue weighted by atomic mass is 9.87. The number of benzene rings is 1. The van der Waals surface area contributed by atoms with Crippen LogP contribution in [0.25, 0.3) is 0 Å². The van der Waals surface area contributed by atoms with E-state index in [1.807, 2.05) is 12.1 Å². The first-order valence-electron chi connectivity index (χ1n) is 4.49. The van der Waals surface area contributed by atoms with Crippen molar-refractivity contribution in [3.8, 4) is 5.75 Å². The number of rotatable bonds is 2. The van der Waals surface area contributed by atoms with Crippen molar-refractivity contribution in [1.29, 1.82) is 0 Å². The summed E-state index contributed by atoms with van der Waals surface area (Å²) in [5, 5.41) is 9.24. The summed E-state index contributed by atoms with van der Waals surface area (Å²) in [5.41, 5.74) is 1.10. The van der Waals surface area contributed by atoms with E-state index in [2.05, 4.69) is 20.8 Å². The van der Waals surface area contributed by atoms with Crippen LogP contribution in [0.2, 0.25) is 5.02 Å². The third-order valence-electron chi connectivity index (χ3n) is 1.98. The summed E-state index contributed by atoms with van der Waals surface area (Å²) in [5.74, 6) is 0.588. The summed E-state index contributed by atoms with van der Waals surface area (Å²) in [6.07, 6.45) is 0. The average Bonchev–Trinajstić information content (AvgIpc) is 2.02. The first kappa shape index (κ1) is 11.3. The van der Waals surface area contributed by atoms with Crippen LogP contribution in [0.5, 0.6) is 5.75 Å². The smallest absolute Gasteiger partial charge is 0.186 e. The van der Waals surface area contributed by atoms with E-state index >= 15 is 0 Å². The van der Waals surface area contributed by atoms with Gasteiger partial charge in [-0.15, -0.1) is 0 Å². The fraction of sp³-hybridized carbons (Fsp3) is 0.455. The minimum atomic E-state index is -0.328. The molecule has 0 aliphatic heterocycles. The van der Waals surface area contributed by atoms with E-state index in [1.54, 1.807) is 6.07 Å². The number of ether oxygens (including phenoxy) is 1. The zero-order chi connectivity index (χ0) is 10.8. The topological polar surface area (TPSA) is 29.5 Å². The second-order valence-corrected chi connectivity index (χ2v) is 4.57. The third kappa shape index (κ3) is 2.63. The molecule has 0 unspecified atom stereocenters. The molecular formula is C11H15ClO2. The molecular weight excluding hydrogens is 200 g/mol. The van der Waals surface area contributed by atoms with Crippen molar-refractivity contribution < 1.29 is 9.84 Å². The van der Waals surface area contributed by atoms with Crippen LogP contribution in [0.15, 0.2) is 18.2 Å². The molecule has 1 aromatic carbocycles. The molecule has 1 aromatic rings. The monoisotopic (exact) mass is 214 g/mol. The third-order valence-corrected chi connectivity index (χ3v) is 2.29. The molecule has 0 aliphatic rings. The van der Waals surface area contributed by atoms with Gasteiger partial charge in [-0.25, -0.2) is 0 Å². The summed E-state index contributed by atoms with van der Waals surface area (Å²) in [4.78, 5) is 0. The molecule has 2 nitrogen and oxygen atoms in total. The maximum Gasteiger partial charge on any atom is 0.186 e. The van der Waals surface area contributed by atoms with Gasteiger partial charge in [0, 0.05) is 5.02 Å². The quantitative estimate of drug-likeness (QED) is 0.767. The van der Waals surface area contributed by atoms with Gasteiger partial charge in [-0.3, -0.25) is 0 Å². The summed E-state index contributed by atoms with van der Waals surface area (Å²) < 4.78 is 4.93. The van der Waals surface area contributed by atoms with Crippen molar-refractivity contribution in [3.05, 3.63) is 28.8 Å². The van der Waals surface area contributed by atoms with Crippen molar-refractivity contribution >= 4 is 11.6 Å². The van der Waals surface area contributed by atoms with Crippen molar-refractivity contribution in [2.24, 2.45) is 0 Å². The second-order valence-electron chi connectivity index (χ2n) is 4.17. The molecule has 1 rings (SSSR count). The molecule has 0 saturated carbocycles. The van der Waals surface area contributed by atoms with Crippen LogP contribution in [0, 0.1) is 0 Å². The number of aliphatic hydroxyl groups is 1. The van der Waals surface area contributed by atoms with Gasteiger partial charge < -0.3 is 9.84 Å². The van der Waals surface area contributed by atoms with Crippen LogP contribution in [0.3, 0.4) is 0 Å². The minimum Gasteiger partial charge on any atom is -0.468 e. The van der Waals surface area contributed by atoms with Gasteiger partial charge in [0.2, 0.25) is 0 Å². The Morgan fingerprint density at radius 2 is 2.00 bits per heavy atom.